The Balaban J connectivity index is 2.87. The van der Waals surface area contributed by atoms with Gasteiger partial charge in [-0.15, -0.1) is 0 Å². The van der Waals surface area contributed by atoms with Crippen molar-refractivity contribution < 1.29 is 36.6 Å². The first-order valence-corrected chi connectivity index (χ1v) is 7.26. The van der Waals surface area contributed by atoms with E-state index in [1.807, 2.05) is 0 Å². The summed E-state index contributed by atoms with van der Waals surface area (Å²) >= 11 is 0. The van der Waals surface area contributed by atoms with Crippen LogP contribution < -0.4 is 11.5 Å². The summed E-state index contributed by atoms with van der Waals surface area (Å²) in [4.78, 5) is 0. The fraction of sp³-hybridized carbons (Fsp3) is 0.375. The lowest BCUT2D eigenvalue weighted by Gasteiger charge is -2.41. The van der Waals surface area contributed by atoms with Gasteiger partial charge in [-0.25, -0.2) is 0 Å². The molecule has 0 radical (unpaired) electrons. The first-order valence-electron chi connectivity index (χ1n) is 7.26. The molecule has 0 bridgehead atoms. The quantitative estimate of drug-likeness (QED) is 0.360. The monoisotopic (exact) mass is 382 g/mol. The maximum absolute atomic E-state index is 13.9. The smallest absolute Gasteiger partial charge is 0.411 e. The van der Waals surface area contributed by atoms with Crippen LogP contribution in [0.5, 0.6) is 5.75 Å². The number of nitrogen functional groups attached to an aromatic ring is 1. The number of rotatable bonds is 2. The van der Waals surface area contributed by atoms with E-state index in [4.69, 9.17) is 11.5 Å². The van der Waals surface area contributed by atoms with Gasteiger partial charge in [0.15, 0.2) is 0 Å². The van der Waals surface area contributed by atoms with E-state index in [2.05, 4.69) is 0 Å². The molecule has 0 spiro atoms. The van der Waals surface area contributed by atoms with Crippen LogP contribution in [0.3, 0.4) is 0 Å². The van der Waals surface area contributed by atoms with Crippen molar-refractivity contribution >= 4 is 5.69 Å². The second-order valence-electron chi connectivity index (χ2n) is 6.23. The summed E-state index contributed by atoms with van der Waals surface area (Å²) in [6.45, 7) is 1.16. The first kappa shape index (κ1) is 20.1. The number of benzene rings is 1. The van der Waals surface area contributed by atoms with Crippen LogP contribution in [0.4, 0.5) is 32.0 Å². The summed E-state index contributed by atoms with van der Waals surface area (Å²) in [6.07, 6.45) is -9.76. The molecule has 0 saturated heterocycles. The molecule has 2 atom stereocenters. The Bertz CT molecular complexity index is 751. The minimum absolute atomic E-state index is 0.420. The molecule has 10 heteroatoms. The highest BCUT2D eigenvalue weighted by Crippen LogP contribution is 2.58. The molecule has 0 heterocycles. The number of nitrogens with two attached hydrogens (primary N) is 2. The molecule has 0 aliphatic heterocycles. The van der Waals surface area contributed by atoms with Crippen LogP contribution in [0.15, 0.2) is 42.0 Å². The second-order valence-corrected chi connectivity index (χ2v) is 6.23. The molecule has 26 heavy (non-hydrogen) atoms. The van der Waals surface area contributed by atoms with Crippen LogP contribution in [0.2, 0.25) is 0 Å². The number of phenols is 1. The first-order chi connectivity index (χ1) is 11.6. The topological polar surface area (TPSA) is 92.5 Å². The van der Waals surface area contributed by atoms with Crippen molar-refractivity contribution in [2.75, 3.05) is 5.73 Å². The van der Waals surface area contributed by atoms with Crippen LogP contribution in [-0.2, 0) is 5.41 Å². The van der Waals surface area contributed by atoms with E-state index in [-0.39, 0.29) is 0 Å². The number of hydrogen-bond donors (Lipinski definition) is 4. The molecule has 0 saturated carbocycles. The van der Waals surface area contributed by atoms with Crippen LogP contribution in [-0.4, -0.2) is 34.2 Å². The van der Waals surface area contributed by atoms with Gasteiger partial charge >= 0.3 is 12.4 Å². The van der Waals surface area contributed by atoms with E-state index in [9.17, 15) is 36.6 Å². The van der Waals surface area contributed by atoms with E-state index >= 15 is 0 Å². The van der Waals surface area contributed by atoms with Crippen LogP contribution in [0.25, 0.3) is 0 Å². The molecule has 144 valence electrons. The summed E-state index contributed by atoms with van der Waals surface area (Å²) < 4.78 is 83.4. The molecule has 1 aromatic rings. The molecule has 1 aromatic carbocycles. The largest absolute Gasteiger partial charge is 0.506 e. The Labute approximate surface area is 144 Å². The van der Waals surface area contributed by atoms with Crippen molar-refractivity contribution in [2.45, 2.75) is 36.3 Å². The Morgan fingerprint density at radius 3 is 2.04 bits per heavy atom. The molecule has 0 aromatic heterocycles. The maximum Gasteiger partial charge on any atom is 0.411 e. The lowest BCUT2D eigenvalue weighted by Crippen LogP contribution is -2.56. The van der Waals surface area contributed by atoms with Gasteiger partial charge in [0.1, 0.15) is 5.75 Å². The highest BCUT2D eigenvalue weighted by Gasteiger charge is 2.73. The average molecular weight is 382 g/mol. The van der Waals surface area contributed by atoms with Gasteiger partial charge in [-0.1, -0.05) is 24.3 Å². The average Bonchev–Trinajstić information content (AvgIpc) is 2.44. The van der Waals surface area contributed by atoms with Crippen molar-refractivity contribution in [1.29, 1.82) is 0 Å². The summed E-state index contributed by atoms with van der Waals surface area (Å²) in [5, 5.41) is 19.3. The predicted octanol–water partition coefficient (Wildman–Crippen LogP) is 2.91. The van der Waals surface area contributed by atoms with E-state index in [0.29, 0.717) is 30.4 Å². The lowest BCUT2D eigenvalue weighted by molar-refractivity contribution is -0.289. The van der Waals surface area contributed by atoms with Crippen molar-refractivity contribution in [3.8, 4) is 5.75 Å². The van der Waals surface area contributed by atoms with Crippen LogP contribution >= 0.6 is 0 Å². The molecule has 0 fully saturated rings. The molecule has 1 aliphatic rings. The number of allylic oxidation sites excluding steroid dienone is 2. The van der Waals surface area contributed by atoms with Gasteiger partial charge in [-0.05, 0) is 30.2 Å². The predicted molar refractivity (Wildman–Crippen MR) is 82.1 cm³/mol. The number of aromatic hydroxyl groups is 1. The van der Waals surface area contributed by atoms with Crippen molar-refractivity contribution in [1.82, 2.24) is 0 Å². The third kappa shape index (κ3) is 2.92. The summed E-state index contributed by atoms with van der Waals surface area (Å²) in [6, 6.07) is 0.0734. The minimum Gasteiger partial charge on any atom is -0.506 e. The Morgan fingerprint density at radius 1 is 1.08 bits per heavy atom. The maximum atomic E-state index is 13.9. The van der Waals surface area contributed by atoms with E-state index < -0.39 is 52.0 Å². The Hall–Kier alpha value is -2.20. The molecular weight excluding hydrogens is 366 g/mol. The number of halogens is 6. The standard InChI is InChI=1S/C16H16F6N2O2/c1-13(26)5-4-9(7-12(13)24)14(15(17,18)19,16(20,21)22)8-2-3-11(25)10(23)6-8/h2-7,12,25-26H,23-24H2,1H3. The van der Waals surface area contributed by atoms with Gasteiger partial charge in [-0.2, -0.15) is 26.3 Å². The minimum atomic E-state index is -5.81. The summed E-state index contributed by atoms with van der Waals surface area (Å²) in [5.41, 5.74) is 1.56. The van der Waals surface area contributed by atoms with Gasteiger partial charge in [-0.3, -0.25) is 0 Å². The zero-order chi connectivity index (χ0) is 20.1. The highest BCUT2D eigenvalue weighted by atomic mass is 19.4. The van der Waals surface area contributed by atoms with Crippen molar-refractivity contribution in [2.24, 2.45) is 5.73 Å². The molecule has 2 unspecified atom stereocenters. The lowest BCUT2D eigenvalue weighted by atomic mass is 9.69. The normalized spacial score (nSPS) is 24.5. The van der Waals surface area contributed by atoms with Gasteiger partial charge in [0.2, 0.25) is 5.41 Å². The third-order valence-corrected chi connectivity index (χ3v) is 4.38. The Morgan fingerprint density at radius 2 is 1.62 bits per heavy atom. The number of hydrogen-bond acceptors (Lipinski definition) is 4. The van der Waals surface area contributed by atoms with Gasteiger partial charge < -0.3 is 21.7 Å². The van der Waals surface area contributed by atoms with Crippen LogP contribution in [0.1, 0.15) is 12.5 Å². The second kappa shape index (κ2) is 5.92. The van der Waals surface area contributed by atoms with Crippen LogP contribution in [0, 0.1) is 0 Å². The number of anilines is 1. The molecule has 2 rings (SSSR count). The number of alkyl halides is 6. The van der Waals surface area contributed by atoms with Crippen molar-refractivity contribution in [3.63, 3.8) is 0 Å². The zero-order valence-corrected chi connectivity index (χ0v) is 13.4. The van der Waals surface area contributed by atoms with E-state index in [0.717, 1.165) is 13.0 Å². The molecule has 6 N–H and O–H groups in total. The summed E-state index contributed by atoms with van der Waals surface area (Å²) in [7, 11) is 0. The van der Waals surface area contributed by atoms with Gasteiger partial charge in [0.25, 0.3) is 0 Å². The molecule has 1 aliphatic carbocycles. The third-order valence-electron chi connectivity index (χ3n) is 4.38. The molecular formula is C16H16F6N2O2. The highest BCUT2D eigenvalue weighted by molar-refractivity contribution is 5.59. The Kier molecular flexibility index (Phi) is 4.58. The van der Waals surface area contributed by atoms with Gasteiger partial charge in [0.05, 0.1) is 17.3 Å². The van der Waals surface area contributed by atoms with E-state index in [1.54, 1.807) is 0 Å². The SMILES string of the molecule is CC1(O)C=CC(C(c2ccc(O)c(N)c2)(C(F)(F)F)C(F)(F)F)=CC1N. The summed E-state index contributed by atoms with van der Waals surface area (Å²) in [5.74, 6) is -0.653. The molecule has 0 amide bonds. The van der Waals surface area contributed by atoms with E-state index in [1.165, 1.54) is 0 Å². The number of aliphatic hydroxyl groups is 1. The molecule has 4 nitrogen and oxygen atoms in total. The fourth-order valence-electron chi connectivity index (χ4n) is 2.81. The van der Waals surface area contributed by atoms with Gasteiger partial charge in [0, 0.05) is 0 Å². The zero-order valence-electron chi connectivity index (χ0n) is 13.4. The number of phenolic OH excluding ortho intramolecular Hbond substituents is 1. The fourth-order valence-corrected chi connectivity index (χ4v) is 2.81. The van der Waals surface area contributed by atoms with Crippen molar-refractivity contribution in [3.05, 3.63) is 47.6 Å².